The number of methoxy groups -OCH3 is 1. The molecule has 1 aliphatic carbocycles. The van der Waals surface area contributed by atoms with Crippen LogP contribution in [0.1, 0.15) is 19.3 Å². The molecule has 0 amide bonds. The highest BCUT2D eigenvalue weighted by Gasteiger charge is 2.26. The zero-order valence-corrected chi connectivity index (χ0v) is 8.06. The lowest BCUT2D eigenvalue weighted by Crippen LogP contribution is -2.28. The average Bonchev–Trinajstić information content (AvgIpc) is 2.71. The Bertz CT molecular complexity index is 221. The Morgan fingerprint density at radius 1 is 1.50 bits per heavy atom. The molecule has 1 fully saturated rings. The summed E-state index contributed by atoms with van der Waals surface area (Å²) in [5, 5.41) is 0. The van der Waals surface area contributed by atoms with E-state index in [2.05, 4.69) is 4.72 Å². The van der Waals surface area contributed by atoms with Crippen LogP contribution in [0.5, 0.6) is 0 Å². The molecule has 1 rings (SSSR count). The van der Waals surface area contributed by atoms with Gasteiger partial charge in [-0.2, -0.15) is 0 Å². The fourth-order valence-corrected chi connectivity index (χ4v) is 2.27. The molecule has 12 heavy (non-hydrogen) atoms. The van der Waals surface area contributed by atoms with Gasteiger partial charge in [0.15, 0.2) is 0 Å². The first-order chi connectivity index (χ1) is 5.64. The van der Waals surface area contributed by atoms with Crippen LogP contribution in [-0.4, -0.2) is 33.9 Å². The summed E-state index contributed by atoms with van der Waals surface area (Å²) in [5.74, 6) is 0.178. The minimum absolute atomic E-state index is 0.178. The second-order valence-corrected chi connectivity index (χ2v) is 4.93. The quantitative estimate of drug-likeness (QED) is 0.609. The third kappa shape index (κ3) is 4.04. The molecule has 0 bridgehead atoms. The highest BCUT2D eigenvalue weighted by molar-refractivity contribution is 7.89. The fraction of sp³-hybridized carbons (Fsp3) is 1.00. The molecule has 0 aromatic carbocycles. The highest BCUT2D eigenvalue weighted by Crippen LogP contribution is 2.19. The van der Waals surface area contributed by atoms with Crippen molar-refractivity contribution in [1.29, 1.82) is 0 Å². The van der Waals surface area contributed by atoms with Crippen LogP contribution in [0, 0.1) is 0 Å². The average molecular weight is 193 g/mol. The van der Waals surface area contributed by atoms with Crippen LogP contribution < -0.4 is 4.72 Å². The zero-order valence-electron chi connectivity index (χ0n) is 7.25. The van der Waals surface area contributed by atoms with Gasteiger partial charge in [-0.05, 0) is 19.3 Å². The van der Waals surface area contributed by atoms with E-state index in [9.17, 15) is 8.42 Å². The van der Waals surface area contributed by atoms with Crippen molar-refractivity contribution in [1.82, 2.24) is 4.72 Å². The molecule has 1 saturated carbocycles. The summed E-state index contributed by atoms with van der Waals surface area (Å²) >= 11 is 0. The minimum Gasteiger partial charge on any atom is -0.385 e. The van der Waals surface area contributed by atoms with Crippen LogP contribution in [-0.2, 0) is 14.8 Å². The predicted molar refractivity (Wildman–Crippen MR) is 46.4 cm³/mol. The Balaban J connectivity index is 2.17. The summed E-state index contributed by atoms with van der Waals surface area (Å²) in [6.07, 6.45) is 2.55. The van der Waals surface area contributed by atoms with Crippen molar-refractivity contribution in [3.8, 4) is 0 Å². The molecule has 0 unspecified atom stereocenters. The first-order valence-corrected chi connectivity index (χ1v) is 5.78. The third-order valence-electron chi connectivity index (χ3n) is 1.69. The molecule has 1 N–H and O–H groups in total. The molecule has 0 atom stereocenters. The minimum atomic E-state index is -3.02. The molecule has 0 radical (unpaired) electrons. The Labute approximate surface area is 73.3 Å². The van der Waals surface area contributed by atoms with Gasteiger partial charge in [0.1, 0.15) is 0 Å². The topological polar surface area (TPSA) is 55.4 Å². The standard InChI is InChI=1S/C7H15NO3S/c1-11-5-2-6-12(9,10)8-7-3-4-7/h7-8H,2-6H2,1H3. The molecule has 0 aromatic rings. The van der Waals surface area contributed by atoms with Gasteiger partial charge in [-0.25, -0.2) is 13.1 Å². The van der Waals surface area contributed by atoms with Gasteiger partial charge in [0.2, 0.25) is 10.0 Å². The van der Waals surface area contributed by atoms with Gasteiger partial charge >= 0.3 is 0 Å². The smallest absolute Gasteiger partial charge is 0.211 e. The molecule has 0 aromatic heterocycles. The van der Waals surface area contributed by atoms with E-state index in [-0.39, 0.29) is 11.8 Å². The molecule has 5 heteroatoms. The first-order valence-electron chi connectivity index (χ1n) is 4.13. The van der Waals surface area contributed by atoms with Gasteiger partial charge in [0.05, 0.1) is 5.75 Å². The summed E-state index contributed by atoms with van der Waals surface area (Å²) in [6, 6.07) is 0.220. The molecule has 0 aliphatic heterocycles. The number of sulfonamides is 1. The van der Waals surface area contributed by atoms with E-state index in [1.165, 1.54) is 0 Å². The van der Waals surface area contributed by atoms with Crippen molar-refractivity contribution in [2.45, 2.75) is 25.3 Å². The van der Waals surface area contributed by atoms with Crippen LogP contribution in [0.25, 0.3) is 0 Å². The summed E-state index contributed by atoms with van der Waals surface area (Å²) in [7, 11) is -1.45. The van der Waals surface area contributed by atoms with Crippen LogP contribution in [0.15, 0.2) is 0 Å². The van der Waals surface area contributed by atoms with E-state index in [4.69, 9.17) is 4.74 Å². The molecule has 0 heterocycles. The van der Waals surface area contributed by atoms with Crippen LogP contribution in [0.4, 0.5) is 0 Å². The van der Waals surface area contributed by atoms with Gasteiger partial charge in [0.25, 0.3) is 0 Å². The number of hydrogen-bond donors (Lipinski definition) is 1. The maximum atomic E-state index is 11.2. The lowest BCUT2D eigenvalue weighted by atomic mass is 10.5. The Morgan fingerprint density at radius 2 is 2.17 bits per heavy atom. The second-order valence-electron chi connectivity index (χ2n) is 3.06. The summed E-state index contributed by atoms with van der Waals surface area (Å²) in [6.45, 7) is 0.506. The third-order valence-corrected chi connectivity index (χ3v) is 3.20. The number of hydrogen-bond acceptors (Lipinski definition) is 3. The Kier molecular flexibility index (Phi) is 3.49. The van der Waals surface area contributed by atoms with Crippen molar-refractivity contribution in [2.75, 3.05) is 19.5 Å². The molecule has 0 spiro atoms. The van der Waals surface area contributed by atoms with Crippen LogP contribution in [0.2, 0.25) is 0 Å². The normalized spacial score (nSPS) is 18.1. The predicted octanol–water partition coefficient (Wildman–Crippen LogP) is 0.105. The maximum Gasteiger partial charge on any atom is 0.211 e. The molecular weight excluding hydrogens is 178 g/mol. The van der Waals surface area contributed by atoms with Gasteiger partial charge in [-0.3, -0.25) is 0 Å². The van der Waals surface area contributed by atoms with Crippen molar-refractivity contribution < 1.29 is 13.2 Å². The summed E-state index contributed by atoms with van der Waals surface area (Å²) in [4.78, 5) is 0. The van der Waals surface area contributed by atoms with Crippen molar-refractivity contribution in [3.05, 3.63) is 0 Å². The van der Waals surface area contributed by atoms with Crippen LogP contribution in [0.3, 0.4) is 0 Å². The van der Waals surface area contributed by atoms with Crippen molar-refractivity contribution >= 4 is 10.0 Å². The molecule has 1 aliphatic rings. The largest absolute Gasteiger partial charge is 0.385 e. The summed E-state index contributed by atoms with van der Waals surface area (Å²) < 4.78 is 29.7. The Morgan fingerprint density at radius 3 is 2.67 bits per heavy atom. The first kappa shape index (κ1) is 9.95. The van der Waals surface area contributed by atoms with E-state index in [1.807, 2.05) is 0 Å². The number of rotatable bonds is 6. The van der Waals surface area contributed by atoms with E-state index < -0.39 is 10.0 Å². The SMILES string of the molecule is COCCCS(=O)(=O)NC1CC1. The zero-order chi connectivity index (χ0) is 9.03. The van der Waals surface area contributed by atoms with Gasteiger partial charge < -0.3 is 4.74 Å². The van der Waals surface area contributed by atoms with Gasteiger partial charge in [-0.15, -0.1) is 0 Å². The lowest BCUT2D eigenvalue weighted by Gasteiger charge is -2.03. The maximum absolute atomic E-state index is 11.2. The molecule has 72 valence electrons. The number of nitrogens with one attached hydrogen (secondary N) is 1. The van der Waals surface area contributed by atoms with E-state index in [1.54, 1.807) is 7.11 Å². The van der Waals surface area contributed by atoms with E-state index in [0.29, 0.717) is 13.0 Å². The fourth-order valence-electron chi connectivity index (χ4n) is 0.907. The molecule has 0 saturated heterocycles. The van der Waals surface area contributed by atoms with Gasteiger partial charge in [-0.1, -0.05) is 0 Å². The lowest BCUT2D eigenvalue weighted by molar-refractivity contribution is 0.199. The highest BCUT2D eigenvalue weighted by atomic mass is 32.2. The van der Waals surface area contributed by atoms with Crippen molar-refractivity contribution in [2.24, 2.45) is 0 Å². The monoisotopic (exact) mass is 193 g/mol. The Hall–Kier alpha value is -0.130. The van der Waals surface area contributed by atoms with E-state index in [0.717, 1.165) is 12.8 Å². The van der Waals surface area contributed by atoms with Gasteiger partial charge in [0, 0.05) is 19.8 Å². The van der Waals surface area contributed by atoms with E-state index >= 15 is 0 Å². The molecular formula is C7H15NO3S. The second kappa shape index (κ2) is 4.20. The van der Waals surface area contributed by atoms with Crippen LogP contribution >= 0.6 is 0 Å². The number of ether oxygens (including phenoxy) is 1. The molecule has 4 nitrogen and oxygen atoms in total. The van der Waals surface area contributed by atoms with Crippen molar-refractivity contribution in [3.63, 3.8) is 0 Å². The summed E-state index contributed by atoms with van der Waals surface area (Å²) in [5.41, 5.74) is 0.